The largest absolute Gasteiger partial charge is 0.489 e. The molecule has 0 radical (unpaired) electrons. The van der Waals surface area contributed by atoms with Gasteiger partial charge in [-0.2, -0.15) is 9.50 Å². The standard InChI is InChI=1S/C30H25N9OS2/c1-42-30-35-28-32-17-23(27(31)39(28)38-30)19-11-13-22(14-12-19)40-18-21-9-5-6-10-24(21)33-29(41)34-26-16-15-25(36-37-26)20-7-3-2-4-8-20/h2-17H,18,31H2,1H3,(H2,33,34,37,41). The molecule has 0 aliphatic rings. The van der Waals surface area contributed by atoms with E-state index in [9.17, 15) is 0 Å². The number of anilines is 3. The summed E-state index contributed by atoms with van der Waals surface area (Å²) in [6.45, 7) is 0.336. The molecule has 6 rings (SSSR count). The second kappa shape index (κ2) is 12.2. The van der Waals surface area contributed by atoms with Gasteiger partial charge in [0.2, 0.25) is 5.16 Å². The number of nitrogens with zero attached hydrogens (tertiary/aromatic N) is 6. The Morgan fingerprint density at radius 2 is 1.69 bits per heavy atom. The minimum absolute atomic E-state index is 0.336. The van der Waals surface area contributed by atoms with Crippen LogP contribution in [0.1, 0.15) is 5.56 Å². The molecule has 0 unspecified atom stereocenters. The zero-order chi connectivity index (χ0) is 28.9. The Kier molecular flexibility index (Phi) is 7.88. The fourth-order valence-corrected chi connectivity index (χ4v) is 4.78. The van der Waals surface area contributed by atoms with Gasteiger partial charge in [-0.3, -0.25) is 0 Å². The van der Waals surface area contributed by atoms with Gasteiger partial charge in [-0.05, 0) is 54.4 Å². The molecule has 0 fully saturated rings. The fourth-order valence-electron chi connectivity index (χ4n) is 4.23. The lowest BCUT2D eigenvalue weighted by molar-refractivity contribution is 0.307. The van der Waals surface area contributed by atoms with Crippen LogP contribution in [0.5, 0.6) is 5.75 Å². The molecule has 0 saturated heterocycles. The molecule has 0 aliphatic carbocycles. The highest BCUT2D eigenvalue weighted by Crippen LogP contribution is 2.28. The van der Waals surface area contributed by atoms with E-state index in [1.54, 1.807) is 10.7 Å². The van der Waals surface area contributed by atoms with Gasteiger partial charge >= 0.3 is 0 Å². The highest BCUT2D eigenvalue weighted by Gasteiger charge is 2.13. The molecule has 4 N–H and O–H groups in total. The Balaban J connectivity index is 1.09. The molecule has 3 aromatic heterocycles. The second-order valence-corrected chi connectivity index (χ2v) is 10.3. The lowest BCUT2D eigenvalue weighted by Gasteiger charge is -2.15. The van der Waals surface area contributed by atoms with E-state index in [1.807, 2.05) is 97.3 Å². The van der Waals surface area contributed by atoms with E-state index in [-0.39, 0.29) is 0 Å². The molecule has 12 heteroatoms. The monoisotopic (exact) mass is 591 g/mol. The minimum atomic E-state index is 0.336. The number of fused-ring (bicyclic) bond motifs is 1. The van der Waals surface area contributed by atoms with E-state index in [4.69, 9.17) is 22.7 Å². The number of hydrogen-bond donors (Lipinski definition) is 3. The van der Waals surface area contributed by atoms with E-state index in [0.29, 0.717) is 40.0 Å². The van der Waals surface area contributed by atoms with Crippen molar-refractivity contribution in [3.05, 3.63) is 103 Å². The van der Waals surface area contributed by atoms with Crippen LogP contribution >= 0.6 is 24.0 Å². The van der Waals surface area contributed by atoms with E-state index in [1.165, 1.54) is 11.8 Å². The first-order valence-electron chi connectivity index (χ1n) is 12.9. The van der Waals surface area contributed by atoms with E-state index < -0.39 is 0 Å². The van der Waals surface area contributed by atoms with Gasteiger partial charge in [-0.25, -0.2) is 4.98 Å². The quantitative estimate of drug-likeness (QED) is 0.144. The van der Waals surface area contributed by atoms with Crippen LogP contribution in [0.2, 0.25) is 0 Å². The molecule has 3 aromatic carbocycles. The van der Waals surface area contributed by atoms with Crippen molar-refractivity contribution in [3.63, 3.8) is 0 Å². The van der Waals surface area contributed by atoms with Gasteiger partial charge in [-0.1, -0.05) is 72.4 Å². The molecule has 42 heavy (non-hydrogen) atoms. The Morgan fingerprint density at radius 3 is 2.45 bits per heavy atom. The second-order valence-electron chi connectivity index (χ2n) is 9.09. The van der Waals surface area contributed by atoms with Crippen LogP contribution in [0, 0.1) is 0 Å². The Bertz CT molecular complexity index is 1840. The average molecular weight is 592 g/mol. The lowest BCUT2D eigenvalue weighted by atomic mass is 10.1. The molecule has 0 amide bonds. The first-order valence-corrected chi connectivity index (χ1v) is 14.5. The van der Waals surface area contributed by atoms with Crippen molar-refractivity contribution in [1.82, 2.24) is 29.8 Å². The van der Waals surface area contributed by atoms with Crippen molar-refractivity contribution in [3.8, 4) is 28.1 Å². The highest BCUT2D eigenvalue weighted by molar-refractivity contribution is 7.98. The van der Waals surface area contributed by atoms with Crippen LogP contribution in [0.4, 0.5) is 17.3 Å². The lowest BCUT2D eigenvalue weighted by Crippen LogP contribution is -2.21. The number of nitrogens with two attached hydrogens (primary N) is 1. The summed E-state index contributed by atoms with van der Waals surface area (Å²) in [5.74, 6) is 2.20. The third kappa shape index (κ3) is 5.99. The molecule has 3 heterocycles. The van der Waals surface area contributed by atoms with Gasteiger partial charge in [0.1, 0.15) is 18.2 Å². The first kappa shape index (κ1) is 27.1. The maximum atomic E-state index is 6.38. The van der Waals surface area contributed by atoms with Crippen molar-refractivity contribution in [2.24, 2.45) is 0 Å². The predicted octanol–water partition coefficient (Wildman–Crippen LogP) is 5.94. The number of nitrogen functional groups attached to an aromatic ring is 1. The summed E-state index contributed by atoms with van der Waals surface area (Å²) < 4.78 is 7.65. The predicted molar refractivity (Wildman–Crippen MR) is 170 cm³/mol. The molecular formula is C30H25N9OS2. The normalized spacial score (nSPS) is 10.9. The van der Waals surface area contributed by atoms with Crippen molar-refractivity contribution < 1.29 is 4.74 Å². The average Bonchev–Trinajstić information content (AvgIpc) is 3.47. The van der Waals surface area contributed by atoms with E-state index in [2.05, 4.69) is 35.9 Å². The number of benzene rings is 3. The van der Waals surface area contributed by atoms with Crippen LogP contribution < -0.4 is 21.1 Å². The highest BCUT2D eigenvalue weighted by atomic mass is 32.2. The molecular weight excluding hydrogens is 567 g/mol. The maximum absolute atomic E-state index is 6.38. The number of para-hydroxylation sites is 1. The number of rotatable bonds is 8. The van der Waals surface area contributed by atoms with Crippen molar-refractivity contribution in [2.75, 3.05) is 22.6 Å². The van der Waals surface area contributed by atoms with Crippen LogP contribution in [-0.4, -0.2) is 41.1 Å². The topological polar surface area (TPSA) is 128 Å². The third-order valence-corrected chi connectivity index (χ3v) is 7.11. The molecule has 0 bridgehead atoms. The molecule has 0 spiro atoms. The maximum Gasteiger partial charge on any atom is 0.255 e. The van der Waals surface area contributed by atoms with Gasteiger partial charge in [0.15, 0.2) is 10.9 Å². The molecule has 10 nitrogen and oxygen atoms in total. The number of hydrogen-bond acceptors (Lipinski definition) is 9. The van der Waals surface area contributed by atoms with Crippen LogP contribution in [-0.2, 0) is 6.61 Å². The van der Waals surface area contributed by atoms with Crippen molar-refractivity contribution in [2.45, 2.75) is 11.8 Å². The smallest absolute Gasteiger partial charge is 0.255 e. The summed E-state index contributed by atoms with van der Waals surface area (Å²) in [5, 5.41) is 20.3. The molecule has 6 aromatic rings. The summed E-state index contributed by atoms with van der Waals surface area (Å²) in [6, 6.07) is 29.1. The zero-order valence-corrected chi connectivity index (χ0v) is 24.1. The summed E-state index contributed by atoms with van der Waals surface area (Å²) in [4.78, 5) is 8.73. The van der Waals surface area contributed by atoms with Gasteiger partial charge in [0.05, 0.1) is 5.69 Å². The number of thioether (sulfide) groups is 1. The minimum Gasteiger partial charge on any atom is -0.489 e. The number of aromatic nitrogens is 6. The summed E-state index contributed by atoms with van der Waals surface area (Å²) in [7, 11) is 0. The van der Waals surface area contributed by atoms with Gasteiger partial charge < -0.3 is 21.1 Å². The molecule has 208 valence electrons. The Labute approximate surface area is 251 Å². The van der Waals surface area contributed by atoms with Gasteiger partial charge in [-0.15, -0.1) is 15.3 Å². The summed E-state index contributed by atoms with van der Waals surface area (Å²) >= 11 is 6.97. The number of thiocarbonyl (C=S) groups is 1. The summed E-state index contributed by atoms with van der Waals surface area (Å²) in [6.07, 6.45) is 3.62. The van der Waals surface area contributed by atoms with Crippen LogP contribution in [0.15, 0.2) is 102 Å². The van der Waals surface area contributed by atoms with Crippen molar-refractivity contribution in [1.29, 1.82) is 0 Å². The van der Waals surface area contributed by atoms with Crippen molar-refractivity contribution >= 4 is 52.2 Å². The van der Waals surface area contributed by atoms with Crippen LogP contribution in [0.3, 0.4) is 0 Å². The zero-order valence-electron chi connectivity index (χ0n) is 22.4. The van der Waals surface area contributed by atoms with Gasteiger partial charge in [0.25, 0.3) is 5.78 Å². The van der Waals surface area contributed by atoms with E-state index >= 15 is 0 Å². The SMILES string of the molecule is CSc1nc2ncc(-c3ccc(OCc4ccccc4NC(=S)Nc4ccc(-c5ccccc5)nn4)cc3)c(N)n2n1. The van der Waals surface area contributed by atoms with Crippen LogP contribution in [0.25, 0.3) is 28.2 Å². The Morgan fingerprint density at radius 1 is 0.905 bits per heavy atom. The first-order chi connectivity index (χ1) is 20.6. The summed E-state index contributed by atoms with van der Waals surface area (Å²) in [5.41, 5.74) is 11.6. The molecule has 0 saturated carbocycles. The number of nitrogens with one attached hydrogen (secondary N) is 2. The molecule has 0 atom stereocenters. The molecule has 0 aliphatic heterocycles. The van der Waals surface area contributed by atoms with E-state index in [0.717, 1.165) is 33.6 Å². The Hall–Kier alpha value is -5.07. The van der Waals surface area contributed by atoms with Gasteiger partial charge in [0, 0.05) is 28.6 Å². The number of ether oxygens (including phenoxy) is 1. The third-order valence-electron chi connectivity index (χ3n) is 6.37. The fraction of sp³-hybridized carbons (Fsp3) is 0.0667.